The Bertz CT molecular complexity index is 603. The molecule has 1 N–H and O–H groups in total. The van der Waals surface area contributed by atoms with Gasteiger partial charge in [-0.1, -0.05) is 30.3 Å². The Kier molecular flexibility index (Phi) is 6.98. The minimum absolute atomic E-state index is 0.0587. The summed E-state index contributed by atoms with van der Waals surface area (Å²) in [7, 11) is 0. The number of likely N-dealkylation sites (tertiary alicyclic amines) is 1. The van der Waals surface area contributed by atoms with Crippen molar-refractivity contribution < 1.29 is 19.1 Å². The summed E-state index contributed by atoms with van der Waals surface area (Å²) in [5.74, 6) is -0.726. The number of ether oxygens (including phenoxy) is 1. The number of benzene rings is 1. The fourth-order valence-electron chi connectivity index (χ4n) is 3.14. The van der Waals surface area contributed by atoms with E-state index >= 15 is 0 Å². The molecule has 0 aromatic heterocycles. The lowest BCUT2D eigenvalue weighted by Crippen LogP contribution is -2.44. The second-order valence-electron chi connectivity index (χ2n) is 6.30. The first-order valence-electron chi connectivity index (χ1n) is 8.77. The minimum atomic E-state index is -0.367. The summed E-state index contributed by atoms with van der Waals surface area (Å²) in [6.45, 7) is 4.59. The Hall–Kier alpha value is -2.37. The number of carbonyl (C=O) groups is 3. The minimum Gasteiger partial charge on any atom is -0.466 e. The highest BCUT2D eigenvalue weighted by Crippen LogP contribution is 2.22. The van der Waals surface area contributed by atoms with E-state index in [1.807, 2.05) is 30.3 Å². The van der Waals surface area contributed by atoms with E-state index in [1.165, 1.54) is 6.92 Å². The van der Waals surface area contributed by atoms with Crippen molar-refractivity contribution in [2.45, 2.75) is 39.2 Å². The maximum atomic E-state index is 12.7. The maximum absolute atomic E-state index is 12.7. The van der Waals surface area contributed by atoms with Gasteiger partial charge in [-0.2, -0.15) is 0 Å². The average molecular weight is 346 g/mol. The molecule has 1 aliphatic heterocycles. The van der Waals surface area contributed by atoms with Crippen LogP contribution in [0.5, 0.6) is 0 Å². The first-order valence-corrected chi connectivity index (χ1v) is 8.77. The molecule has 1 aliphatic rings. The largest absolute Gasteiger partial charge is 0.466 e. The number of piperidine rings is 1. The highest BCUT2D eigenvalue weighted by atomic mass is 16.5. The highest BCUT2D eigenvalue weighted by Gasteiger charge is 2.30. The summed E-state index contributed by atoms with van der Waals surface area (Å²) >= 11 is 0. The Balaban J connectivity index is 2.02. The first-order chi connectivity index (χ1) is 12.0. The molecule has 0 saturated carbocycles. The molecule has 0 bridgehead atoms. The van der Waals surface area contributed by atoms with Crippen LogP contribution in [-0.4, -0.2) is 42.4 Å². The van der Waals surface area contributed by atoms with Crippen molar-refractivity contribution in [2.24, 2.45) is 5.92 Å². The predicted octanol–water partition coefficient (Wildman–Crippen LogP) is 2.06. The number of nitrogens with zero attached hydrogens (tertiary/aromatic N) is 1. The number of hydrogen-bond acceptors (Lipinski definition) is 4. The fourth-order valence-corrected chi connectivity index (χ4v) is 3.14. The van der Waals surface area contributed by atoms with Crippen LogP contribution in [0.2, 0.25) is 0 Å². The van der Waals surface area contributed by atoms with E-state index in [1.54, 1.807) is 11.8 Å². The Morgan fingerprint density at radius 3 is 2.64 bits per heavy atom. The number of hydrogen-bond donors (Lipinski definition) is 1. The summed E-state index contributed by atoms with van der Waals surface area (Å²) in [6.07, 6.45) is 1.71. The van der Waals surface area contributed by atoms with Crippen LogP contribution < -0.4 is 5.32 Å². The number of carbonyl (C=O) groups excluding carboxylic acids is 3. The summed E-state index contributed by atoms with van der Waals surface area (Å²) in [5.41, 5.74) is 0.894. The summed E-state index contributed by atoms with van der Waals surface area (Å²) in [5, 5.41) is 2.84. The zero-order chi connectivity index (χ0) is 18.2. The van der Waals surface area contributed by atoms with Gasteiger partial charge in [0.1, 0.15) is 0 Å². The van der Waals surface area contributed by atoms with Crippen LogP contribution in [0.4, 0.5) is 0 Å². The normalized spacial score (nSPS) is 18.3. The van der Waals surface area contributed by atoms with E-state index in [2.05, 4.69) is 5.32 Å². The second kappa shape index (κ2) is 9.20. The van der Waals surface area contributed by atoms with Crippen molar-refractivity contribution in [2.75, 3.05) is 19.7 Å². The van der Waals surface area contributed by atoms with Gasteiger partial charge in [0.15, 0.2) is 0 Å². The van der Waals surface area contributed by atoms with Crippen LogP contribution in [0.1, 0.15) is 44.7 Å². The maximum Gasteiger partial charge on any atom is 0.310 e. The zero-order valence-electron chi connectivity index (χ0n) is 14.9. The molecule has 6 heteroatoms. The Morgan fingerprint density at radius 2 is 2.00 bits per heavy atom. The van der Waals surface area contributed by atoms with E-state index < -0.39 is 0 Å². The predicted molar refractivity (Wildman–Crippen MR) is 93.6 cm³/mol. The van der Waals surface area contributed by atoms with Gasteiger partial charge in [0.25, 0.3) is 0 Å². The Labute approximate surface area is 148 Å². The van der Waals surface area contributed by atoms with Crippen LogP contribution >= 0.6 is 0 Å². The highest BCUT2D eigenvalue weighted by molar-refractivity contribution is 5.80. The van der Waals surface area contributed by atoms with E-state index in [9.17, 15) is 14.4 Å². The molecule has 1 saturated heterocycles. The van der Waals surface area contributed by atoms with Crippen molar-refractivity contribution >= 4 is 17.8 Å². The third-order valence-corrected chi connectivity index (χ3v) is 4.35. The quantitative estimate of drug-likeness (QED) is 0.800. The topological polar surface area (TPSA) is 75.7 Å². The van der Waals surface area contributed by atoms with E-state index in [-0.39, 0.29) is 36.2 Å². The van der Waals surface area contributed by atoms with Crippen LogP contribution in [0.15, 0.2) is 30.3 Å². The van der Waals surface area contributed by atoms with Gasteiger partial charge in [-0.25, -0.2) is 0 Å². The van der Waals surface area contributed by atoms with Gasteiger partial charge >= 0.3 is 5.97 Å². The van der Waals surface area contributed by atoms with Gasteiger partial charge in [0, 0.05) is 20.0 Å². The van der Waals surface area contributed by atoms with Crippen molar-refractivity contribution in [1.29, 1.82) is 0 Å². The van der Waals surface area contributed by atoms with Crippen LogP contribution in [-0.2, 0) is 19.1 Å². The molecular weight excluding hydrogens is 320 g/mol. The van der Waals surface area contributed by atoms with Crippen molar-refractivity contribution in [1.82, 2.24) is 10.2 Å². The lowest BCUT2D eigenvalue weighted by Gasteiger charge is -2.32. The van der Waals surface area contributed by atoms with Gasteiger partial charge in [-0.3, -0.25) is 14.4 Å². The van der Waals surface area contributed by atoms with Gasteiger partial charge in [0.05, 0.1) is 25.0 Å². The van der Waals surface area contributed by atoms with Gasteiger partial charge in [0.2, 0.25) is 11.8 Å². The molecule has 136 valence electrons. The van der Waals surface area contributed by atoms with Gasteiger partial charge in [-0.15, -0.1) is 0 Å². The van der Waals surface area contributed by atoms with E-state index in [4.69, 9.17) is 4.74 Å². The van der Waals surface area contributed by atoms with Crippen molar-refractivity contribution in [3.05, 3.63) is 35.9 Å². The molecule has 0 spiro atoms. The molecule has 0 aliphatic carbocycles. The molecule has 1 heterocycles. The molecule has 1 aromatic rings. The molecule has 2 amide bonds. The molecule has 2 atom stereocenters. The van der Waals surface area contributed by atoms with Crippen molar-refractivity contribution in [3.8, 4) is 0 Å². The third-order valence-electron chi connectivity index (χ3n) is 4.35. The summed E-state index contributed by atoms with van der Waals surface area (Å²) in [4.78, 5) is 37.9. The number of nitrogens with one attached hydrogen (secondary N) is 1. The monoisotopic (exact) mass is 346 g/mol. The van der Waals surface area contributed by atoms with Crippen LogP contribution in [0.3, 0.4) is 0 Å². The SMILES string of the molecule is CCOC(=O)[C@@H]1CCCN(C(=O)C[C@H](NC(C)=O)c2ccccc2)C1. The zero-order valence-corrected chi connectivity index (χ0v) is 14.9. The molecule has 1 fully saturated rings. The smallest absolute Gasteiger partial charge is 0.310 e. The number of esters is 1. The van der Waals surface area contributed by atoms with E-state index in [0.717, 1.165) is 18.4 Å². The van der Waals surface area contributed by atoms with Crippen LogP contribution in [0.25, 0.3) is 0 Å². The van der Waals surface area contributed by atoms with Gasteiger partial charge in [-0.05, 0) is 25.3 Å². The molecular formula is C19H26N2O4. The molecule has 25 heavy (non-hydrogen) atoms. The molecule has 6 nitrogen and oxygen atoms in total. The fraction of sp³-hybridized carbons (Fsp3) is 0.526. The first kappa shape index (κ1) is 19.0. The number of rotatable bonds is 6. The van der Waals surface area contributed by atoms with Crippen molar-refractivity contribution in [3.63, 3.8) is 0 Å². The molecule has 0 unspecified atom stereocenters. The third kappa shape index (κ3) is 5.59. The second-order valence-corrected chi connectivity index (χ2v) is 6.30. The van der Waals surface area contributed by atoms with E-state index in [0.29, 0.717) is 19.7 Å². The Morgan fingerprint density at radius 1 is 1.28 bits per heavy atom. The summed E-state index contributed by atoms with van der Waals surface area (Å²) in [6, 6.07) is 9.08. The lowest BCUT2D eigenvalue weighted by molar-refractivity contribution is -0.151. The molecule has 1 aromatic carbocycles. The number of amides is 2. The van der Waals surface area contributed by atoms with Gasteiger partial charge < -0.3 is 15.0 Å². The standard InChI is InChI=1S/C19H26N2O4/c1-3-25-19(24)16-10-7-11-21(13-16)18(23)12-17(20-14(2)22)15-8-5-4-6-9-15/h4-6,8-9,16-17H,3,7,10-13H2,1-2H3,(H,20,22)/t16-,17+/m1/s1. The average Bonchev–Trinajstić information content (AvgIpc) is 2.62. The summed E-state index contributed by atoms with van der Waals surface area (Å²) < 4.78 is 5.08. The molecule has 0 radical (unpaired) electrons. The van der Waals surface area contributed by atoms with Crippen LogP contribution in [0, 0.1) is 5.92 Å². The molecule has 2 rings (SSSR count). The lowest BCUT2D eigenvalue weighted by atomic mass is 9.96.